The zero-order valence-corrected chi connectivity index (χ0v) is 12.2. The highest BCUT2D eigenvalue weighted by atomic mass is 19.4. The number of hydrogen-bond acceptors (Lipinski definition) is 4. The molecular weight excluding hydrogens is 378 g/mol. The lowest BCUT2D eigenvalue weighted by Gasteiger charge is -2.11. The van der Waals surface area contributed by atoms with E-state index in [0.717, 1.165) is 35.1 Å². The molecule has 0 fully saturated rings. The topological polar surface area (TPSA) is 116 Å². The first-order valence-electron chi connectivity index (χ1n) is 6.27. The van der Waals surface area contributed by atoms with E-state index in [0.29, 0.717) is 0 Å². The van der Waals surface area contributed by atoms with Crippen LogP contribution in [0.4, 0.5) is 26.3 Å². The molecule has 0 bridgehead atoms. The Morgan fingerprint density at radius 1 is 0.654 bits per heavy atom. The molecule has 0 aromatic heterocycles. The van der Waals surface area contributed by atoms with Gasteiger partial charge in [0.2, 0.25) is 0 Å². The molecule has 0 spiro atoms. The lowest BCUT2D eigenvalue weighted by molar-refractivity contribution is -0.174. The van der Waals surface area contributed by atoms with Gasteiger partial charge in [0.25, 0.3) is 11.8 Å². The van der Waals surface area contributed by atoms with Crippen molar-refractivity contribution in [1.29, 1.82) is 0 Å². The molecule has 0 aliphatic carbocycles. The predicted octanol–water partition coefficient (Wildman–Crippen LogP) is 0.333. The van der Waals surface area contributed by atoms with E-state index in [2.05, 4.69) is 0 Å². The van der Waals surface area contributed by atoms with Crippen molar-refractivity contribution in [3.05, 3.63) is 35.4 Å². The van der Waals surface area contributed by atoms with Gasteiger partial charge in [-0.2, -0.15) is 26.3 Å². The molecule has 14 heteroatoms. The molecule has 0 aliphatic heterocycles. The first kappa shape index (κ1) is 20.7. The van der Waals surface area contributed by atoms with Gasteiger partial charge in [0.05, 0.1) is 0 Å². The minimum absolute atomic E-state index is 0.401. The number of alkyl halides is 6. The third-order valence-electron chi connectivity index (χ3n) is 2.48. The molecule has 0 atom stereocenters. The van der Waals surface area contributed by atoms with Crippen molar-refractivity contribution in [2.75, 3.05) is 0 Å². The summed E-state index contributed by atoms with van der Waals surface area (Å²) in [7, 11) is 0. The fraction of sp³-hybridized carbons (Fsp3) is 0.167. The van der Waals surface area contributed by atoms with E-state index in [9.17, 15) is 45.5 Å². The van der Waals surface area contributed by atoms with Crippen molar-refractivity contribution >= 4 is 23.6 Å². The summed E-state index contributed by atoms with van der Waals surface area (Å²) in [6, 6.07) is 3.96. The molecule has 0 unspecified atom stereocenters. The summed E-state index contributed by atoms with van der Waals surface area (Å²) in [6.45, 7) is 0. The second-order valence-electron chi connectivity index (χ2n) is 4.39. The van der Waals surface area contributed by atoms with E-state index in [1.807, 2.05) is 0 Å². The van der Waals surface area contributed by atoms with E-state index in [-0.39, 0.29) is 0 Å². The second-order valence-corrected chi connectivity index (χ2v) is 4.39. The normalized spacial score (nSPS) is 11.3. The van der Waals surface area contributed by atoms with Crippen molar-refractivity contribution in [3.8, 4) is 0 Å². The summed E-state index contributed by atoms with van der Waals surface area (Å²) in [5.41, 5.74) is 4.22. The standard InChI is InChI=1S/C12H8F6N4O4/c13-11(14,15)9(25)21-19-7(23)5-2-1-3-6(4-5)8(24)20-22-10(26)12(16,17)18/h1-4H,(H,19,23)(H,20,24)(H,21,25)(H,22,26). The van der Waals surface area contributed by atoms with Crippen LogP contribution >= 0.6 is 0 Å². The Labute approximate surface area is 139 Å². The fourth-order valence-electron chi connectivity index (χ4n) is 1.31. The largest absolute Gasteiger partial charge is 0.472 e. The number of benzene rings is 1. The maximum atomic E-state index is 12.0. The number of carbonyl (C=O) groups excluding carboxylic acids is 4. The minimum Gasteiger partial charge on any atom is -0.267 e. The molecular formula is C12H8F6N4O4. The van der Waals surface area contributed by atoms with E-state index >= 15 is 0 Å². The SMILES string of the molecule is O=C(NNC(=O)C(F)(F)F)c1cccc(C(=O)NNC(=O)C(F)(F)F)c1. The van der Waals surface area contributed by atoms with Crippen LogP contribution in [0.2, 0.25) is 0 Å². The Kier molecular flexibility index (Phi) is 6.14. The summed E-state index contributed by atoms with van der Waals surface area (Å²) < 4.78 is 71.9. The highest BCUT2D eigenvalue weighted by molar-refractivity contribution is 6.00. The van der Waals surface area contributed by atoms with Gasteiger partial charge in [-0.1, -0.05) is 6.07 Å². The maximum absolute atomic E-state index is 12.0. The Hall–Kier alpha value is -3.32. The molecule has 1 aromatic carbocycles. The Bertz CT molecular complexity index is 674. The van der Waals surface area contributed by atoms with Gasteiger partial charge in [-0.15, -0.1) is 0 Å². The van der Waals surface area contributed by atoms with Crippen LogP contribution in [0, 0.1) is 0 Å². The van der Waals surface area contributed by atoms with Crippen molar-refractivity contribution < 1.29 is 45.5 Å². The number of carbonyl (C=O) groups is 4. The van der Waals surface area contributed by atoms with Gasteiger partial charge in [0.15, 0.2) is 0 Å². The van der Waals surface area contributed by atoms with Crippen molar-refractivity contribution in [2.24, 2.45) is 0 Å². The smallest absolute Gasteiger partial charge is 0.267 e. The van der Waals surface area contributed by atoms with Gasteiger partial charge < -0.3 is 0 Å². The van der Waals surface area contributed by atoms with E-state index in [4.69, 9.17) is 0 Å². The molecule has 1 rings (SSSR count). The average molecular weight is 386 g/mol. The zero-order valence-electron chi connectivity index (χ0n) is 12.2. The van der Waals surface area contributed by atoms with Gasteiger partial charge in [0, 0.05) is 11.1 Å². The monoisotopic (exact) mass is 386 g/mol. The summed E-state index contributed by atoms with van der Waals surface area (Å²) in [4.78, 5) is 44.3. The van der Waals surface area contributed by atoms with Crippen LogP contribution in [0.3, 0.4) is 0 Å². The zero-order chi connectivity index (χ0) is 20.1. The van der Waals surface area contributed by atoms with Gasteiger partial charge in [0.1, 0.15) is 0 Å². The minimum atomic E-state index is -5.24. The number of nitrogens with one attached hydrogen (secondary N) is 4. The molecule has 0 aliphatic rings. The molecule has 1 aromatic rings. The van der Waals surface area contributed by atoms with Crippen LogP contribution in [0.5, 0.6) is 0 Å². The lowest BCUT2D eigenvalue weighted by atomic mass is 10.1. The first-order chi connectivity index (χ1) is 11.8. The van der Waals surface area contributed by atoms with Crippen LogP contribution in [0.25, 0.3) is 0 Å². The van der Waals surface area contributed by atoms with Crippen molar-refractivity contribution in [3.63, 3.8) is 0 Å². The number of hydrogen-bond donors (Lipinski definition) is 4. The molecule has 4 N–H and O–H groups in total. The van der Waals surface area contributed by atoms with Gasteiger partial charge in [-0.25, -0.2) is 0 Å². The molecule has 0 saturated heterocycles. The van der Waals surface area contributed by atoms with Crippen LogP contribution in [0.15, 0.2) is 24.3 Å². The van der Waals surface area contributed by atoms with Crippen LogP contribution < -0.4 is 21.7 Å². The quantitative estimate of drug-likeness (QED) is 0.433. The lowest BCUT2D eigenvalue weighted by Crippen LogP contribution is -2.48. The van der Waals surface area contributed by atoms with Crippen LogP contribution in [-0.2, 0) is 9.59 Å². The Morgan fingerprint density at radius 2 is 1.00 bits per heavy atom. The van der Waals surface area contributed by atoms with Gasteiger partial charge in [-0.3, -0.25) is 40.9 Å². The summed E-state index contributed by atoms with van der Waals surface area (Å²) >= 11 is 0. The summed E-state index contributed by atoms with van der Waals surface area (Å²) in [5, 5.41) is 0. The number of hydrazine groups is 2. The Morgan fingerprint density at radius 3 is 1.31 bits per heavy atom. The molecule has 26 heavy (non-hydrogen) atoms. The molecule has 4 amide bonds. The second kappa shape index (κ2) is 7.71. The van der Waals surface area contributed by atoms with E-state index < -0.39 is 47.1 Å². The average Bonchev–Trinajstić information content (AvgIpc) is 2.55. The summed E-state index contributed by atoms with van der Waals surface area (Å²) in [6.07, 6.45) is -10.5. The highest BCUT2D eigenvalue weighted by Gasteiger charge is 2.39. The fourth-order valence-corrected chi connectivity index (χ4v) is 1.31. The van der Waals surface area contributed by atoms with Gasteiger partial charge >= 0.3 is 24.2 Å². The predicted molar refractivity (Wildman–Crippen MR) is 69.8 cm³/mol. The van der Waals surface area contributed by atoms with E-state index in [1.165, 1.54) is 10.9 Å². The highest BCUT2D eigenvalue weighted by Crippen LogP contribution is 2.14. The van der Waals surface area contributed by atoms with Crippen molar-refractivity contribution in [1.82, 2.24) is 21.7 Å². The third-order valence-corrected chi connectivity index (χ3v) is 2.48. The van der Waals surface area contributed by atoms with Crippen LogP contribution in [0.1, 0.15) is 20.7 Å². The van der Waals surface area contributed by atoms with Gasteiger partial charge in [-0.05, 0) is 18.2 Å². The van der Waals surface area contributed by atoms with E-state index in [1.54, 1.807) is 0 Å². The molecule has 0 saturated carbocycles. The van der Waals surface area contributed by atoms with Crippen LogP contribution in [-0.4, -0.2) is 36.0 Å². The number of amides is 4. The third kappa shape index (κ3) is 5.95. The molecule has 8 nitrogen and oxygen atoms in total. The molecule has 0 heterocycles. The first-order valence-corrected chi connectivity index (χ1v) is 6.27. The molecule has 0 radical (unpaired) electrons. The van der Waals surface area contributed by atoms with Crippen molar-refractivity contribution in [2.45, 2.75) is 12.4 Å². The number of halogens is 6. The Balaban J connectivity index is 2.72. The summed E-state index contributed by atoms with van der Waals surface area (Å²) in [5.74, 6) is -7.38. The maximum Gasteiger partial charge on any atom is 0.472 e. The molecule has 142 valence electrons. The number of rotatable bonds is 2.